The van der Waals surface area contributed by atoms with E-state index in [4.69, 9.17) is 4.74 Å². The maximum atomic E-state index is 11.5. The summed E-state index contributed by atoms with van der Waals surface area (Å²) >= 11 is 0. The summed E-state index contributed by atoms with van der Waals surface area (Å²) in [6.45, 7) is 4.78. The molecule has 3 rings (SSSR count). The molecule has 0 radical (unpaired) electrons. The van der Waals surface area contributed by atoms with Crippen LogP contribution in [0.3, 0.4) is 0 Å². The van der Waals surface area contributed by atoms with Gasteiger partial charge in [0.1, 0.15) is 5.75 Å². The molecule has 0 bridgehead atoms. The van der Waals surface area contributed by atoms with Crippen molar-refractivity contribution >= 4 is 16.9 Å². The number of aromatic nitrogens is 2. The van der Waals surface area contributed by atoms with Gasteiger partial charge in [0.15, 0.2) is 6.10 Å². The number of hydrogen-bond acceptors (Lipinski definition) is 5. The first-order valence-corrected chi connectivity index (χ1v) is 9.74. The Morgan fingerprint density at radius 2 is 2.10 bits per heavy atom. The molecule has 1 aromatic carbocycles. The Morgan fingerprint density at radius 1 is 1.28 bits per heavy atom. The van der Waals surface area contributed by atoms with E-state index in [1.165, 1.54) is 0 Å². The van der Waals surface area contributed by atoms with Crippen LogP contribution >= 0.6 is 0 Å². The predicted octanol–water partition coefficient (Wildman–Crippen LogP) is 2.92. The normalized spacial score (nSPS) is 13.5. The molecule has 29 heavy (non-hydrogen) atoms. The molecule has 2 aromatic heterocycles. The van der Waals surface area contributed by atoms with Gasteiger partial charge in [-0.25, -0.2) is 4.79 Å². The number of nitrogens with one attached hydrogen (secondary N) is 2. The highest BCUT2D eigenvalue weighted by atomic mass is 16.5. The van der Waals surface area contributed by atoms with E-state index in [0.717, 1.165) is 28.5 Å². The lowest BCUT2D eigenvalue weighted by atomic mass is 10.1. The zero-order valence-electron chi connectivity index (χ0n) is 16.6. The highest BCUT2D eigenvalue weighted by molar-refractivity contribution is 5.88. The Morgan fingerprint density at radius 3 is 2.79 bits per heavy atom. The van der Waals surface area contributed by atoms with Crippen molar-refractivity contribution in [3.8, 4) is 5.75 Å². The SMILES string of the molecule is CC(C)[C@H](Oc1cccc2c(CCNC[C@H](O)c3cccnc3)c[nH]c12)C(=O)O. The van der Waals surface area contributed by atoms with E-state index in [2.05, 4.69) is 15.3 Å². The summed E-state index contributed by atoms with van der Waals surface area (Å²) in [7, 11) is 0. The molecular weight excluding hydrogens is 370 g/mol. The average Bonchev–Trinajstić information content (AvgIpc) is 3.13. The van der Waals surface area contributed by atoms with E-state index in [1.807, 2.05) is 38.2 Å². The predicted molar refractivity (Wildman–Crippen MR) is 111 cm³/mol. The Kier molecular flexibility index (Phi) is 6.85. The van der Waals surface area contributed by atoms with Crippen molar-refractivity contribution in [1.29, 1.82) is 0 Å². The number of fused-ring (bicyclic) bond motifs is 1. The number of carboxylic acids is 1. The summed E-state index contributed by atoms with van der Waals surface area (Å²) in [4.78, 5) is 18.7. The third-order valence-electron chi connectivity index (χ3n) is 4.84. The zero-order valence-corrected chi connectivity index (χ0v) is 16.6. The number of rotatable bonds is 10. The van der Waals surface area contributed by atoms with E-state index in [1.54, 1.807) is 24.5 Å². The molecule has 0 amide bonds. The summed E-state index contributed by atoms with van der Waals surface area (Å²) in [5, 5.41) is 23.8. The molecule has 2 atom stereocenters. The standard InChI is InChI=1S/C22H27N3O4/c1-14(2)21(22(27)28)29-19-7-3-6-17-15(12-25-20(17)19)8-10-24-13-18(26)16-5-4-9-23-11-16/h3-7,9,11-12,14,18,21,24-26H,8,10,13H2,1-2H3,(H,27,28)/t18-,21-/m0/s1. The summed E-state index contributed by atoms with van der Waals surface area (Å²) in [5.41, 5.74) is 2.68. The average molecular weight is 397 g/mol. The number of H-pyrrole nitrogens is 1. The van der Waals surface area contributed by atoms with Gasteiger partial charge in [-0.05, 0) is 30.7 Å². The molecule has 7 nitrogen and oxygen atoms in total. The smallest absolute Gasteiger partial charge is 0.345 e. The molecule has 0 saturated carbocycles. The lowest BCUT2D eigenvalue weighted by Crippen LogP contribution is -2.32. The molecule has 0 spiro atoms. The number of hydrogen-bond donors (Lipinski definition) is 4. The third kappa shape index (κ3) is 5.13. The van der Waals surface area contributed by atoms with Crippen molar-refractivity contribution in [3.05, 3.63) is 60.0 Å². The number of aliphatic hydroxyl groups is 1. The lowest BCUT2D eigenvalue weighted by Gasteiger charge is -2.18. The topological polar surface area (TPSA) is 107 Å². The van der Waals surface area contributed by atoms with Crippen LogP contribution in [0, 0.1) is 5.92 Å². The van der Waals surface area contributed by atoms with Crippen LogP contribution in [0.2, 0.25) is 0 Å². The Balaban J connectivity index is 1.62. The molecule has 154 valence electrons. The van der Waals surface area contributed by atoms with E-state index in [9.17, 15) is 15.0 Å². The Labute approximate surface area is 169 Å². The van der Waals surface area contributed by atoms with E-state index in [-0.39, 0.29) is 5.92 Å². The molecule has 0 aliphatic rings. The van der Waals surface area contributed by atoms with Crippen LogP contribution in [0.1, 0.15) is 31.1 Å². The van der Waals surface area contributed by atoms with Gasteiger partial charge in [-0.2, -0.15) is 0 Å². The maximum Gasteiger partial charge on any atom is 0.345 e. The minimum absolute atomic E-state index is 0.146. The number of pyridine rings is 1. The minimum atomic E-state index is -0.972. The first kappa shape index (κ1) is 20.8. The zero-order chi connectivity index (χ0) is 20.8. The number of carboxylic acid groups (broad SMARTS) is 1. The van der Waals surface area contributed by atoms with Crippen molar-refractivity contribution in [3.63, 3.8) is 0 Å². The number of carbonyl (C=O) groups is 1. The van der Waals surface area contributed by atoms with Crippen LogP contribution in [-0.2, 0) is 11.2 Å². The quantitative estimate of drug-likeness (QED) is 0.392. The van der Waals surface area contributed by atoms with Gasteiger partial charge in [0.2, 0.25) is 0 Å². The van der Waals surface area contributed by atoms with Crippen LogP contribution in [0.15, 0.2) is 48.9 Å². The number of aromatic amines is 1. The number of para-hydroxylation sites is 1. The molecule has 3 aromatic rings. The molecule has 2 heterocycles. The maximum absolute atomic E-state index is 11.5. The fourth-order valence-electron chi connectivity index (χ4n) is 3.25. The first-order valence-electron chi connectivity index (χ1n) is 9.74. The molecule has 0 aliphatic heterocycles. The van der Waals surface area contributed by atoms with Gasteiger partial charge in [0.25, 0.3) is 0 Å². The second kappa shape index (κ2) is 9.54. The van der Waals surface area contributed by atoms with Crippen LogP contribution in [0.4, 0.5) is 0 Å². The Bertz CT molecular complexity index is 940. The third-order valence-corrected chi connectivity index (χ3v) is 4.84. The number of nitrogens with zero attached hydrogens (tertiary/aromatic N) is 1. The van der Waals surface area contributed by atoms with Crippen LogP contribution in [-0.4, -0.2) is 45.3 Å². The van der Waals surface area contributed by atoms with Crippen LogP contribution < -0.4 is 10.1 Å². The Hall–Kier alpha value is -2.90. The molecule has 7 heteroatoms. The molecule has 0 aliphatic carbocycles. The number of aliphatic carboxylic acids is 1. The van der Waals surface area contributed by atoms with Crippen molar-refractivity contribution in [2.75, 3.05) is 13.1 Å². The van der Waals surface area contributed by atoms with E-state index in [0.29, 0.717) is 18.8 Å². The summed E-state index contributed by atoms with van der Waals surface area (Å²) in [6.07, 6.45) is 4.52. The van der Waals surface area contributed by atoms with Gasteiger partial charge in [-0.3, -0.25) is 4.98 Å². The monoisotopic (exact) mass is 397 g/mol. The highest BCUT2D eigenvalue weighted by Crippen LogP contribution is 2.29. The summed E-state index contributed by atoms with van der Waals surface area (Å²) < 4.78 is 5.78. The van der Waals surface area contributed by atoms with Crippen LogP contribution in [0.5, 0.6) is 5.75 Å². The molecule has 0 fully saturated rings. The second-order valence-corrected chi connectivity index (χ2v) is 7.37. The fraction of sp³-hybridized carbons (Fsp3) is 0.364. The number of benzene rings is 1. The van der Waals surface area contributed by atoms with Gasteiger partial charge >= 0.3 is 5.97 Å². The first-order chi connectivity index (χ1) is 14.0. The largest absolute Gasteiger partial charge is 0.478 e. The van der Waals surface area contributed by atoms with Crippen molar-refractivity contribution < 1.29 is 19.7 Å². The van der Waals surface area contributed by atoms with E-state index >= 15 is 0 Å². The minimum Gasteiger partial charge on any atom is -0.478 e. The highest BCUT2D eigenvalue weighted by Gasteiger charge is 2.24. The second-order valence-electron chi connectivity index (χ2n) is 7.37. The summed E-state index contributed by atoms with van der Waals surface area (Å²) in [6, 6.07) is 9.29. The molecule has 0 unspecified atom stereocenters. The van der Waals surface area contributed by atoms with Gasteiger partial charge < -0.3 is 25.3 Å². The molecular formula is C22H27N3O4. The van der Waals surface area contributed by atoms with Crippen molar-refractivity contribution in [2.24, 2.45) is 5.92 Å². The summed E-state index contributed by atoms with van der Waals surface area (Å²) in [5.74, 6) is -0.581. The molecule has 0 saturated heterocycles. The van der Waals surface area contributed by atoms with Gasteiger partial charge in [0, 0.05) is 42.0 Å². The van der Waals surface area contributed by atoms with Gasteiger partial charge in [-0.1, -0.05) is 32.0 Å². The van der Waals surface area contributed by atoms with E-state index < -0.39 is 18.2 Å². The van der Waals surface area contributed by atoms with Gasteiger partial charge in [0.05, 0.1) is 11.6 Å². The van der Waals surface area contributed by atoms with Crippen molar-refractivity contribution in [1.82, 2.24) is 15.3 Å². The van der Waals surface area contributed by atoms with Gasteiger partial charge in [-0.15, -0.1) is 0 Å². The van der Waals surface area contributed by atoms with Crippen LogP contribution in [0.25, 0.3) is 10.9 Å². The lowest BCUT2D eigenvalue weighted by molar-refractivity contribution is -0.147. The number of aliphatic hydroxyl groups excluding tert-OH is 1. The number of ether oxygens (including phenoxy) is 1. The molecule has 4 N–H and O–H groups in total. The van der Waals surface area contributed by atoms with Crippen molar-refractivity contribution in [2.45, 2.75) is 32.5 Å². The fourth-order valence-corrected chi connectivity index (χ4v) is 3.25.